The van der Waals surface area contributed by atoms with Gasteiger partial charge >= 0.3 is 0 Å². The number of aromatic nitrogens is 3. The van der Waals surface area contributed by atoms with Crippen LogP contribution >= 0.6 is 0 Å². The van der Waals surface area contributed by atoms with Gasteiger partial charge in [-0.3, -0.25) is 9.89 Å². The van der Waals surface area contributed by atoms with E-state index in [4.69, 9.17) is 4.74 Å². The largest absolute Gasteiger partial charge is 0.439 e. The third-order valence-electron chi connectivity index (χ3n) is 5.07. The molecule has 138 valence electrons. The number of rotatable bonds is 4. The fourth-order valence-corrected chi connectivity index (χ4v) is 3.38. The summed E-state index contributed by atoms with van der Waals surface area (Å²) in [7, 11) is 0. The molecule has 6 nitrogen and oxygen atoms in total. The number of nitrogens with one attached hydrogen (secondary N) is 2. The van der Waals surface area contributed by atoms with Gasteiger partial charge in [0.15, 0.2) is 0 Å². The number of pyridine rings is 1. The van der Waals surface area contributed by atoms with Gasteiger partial charge in [-0.15, -0.1) is 0 Å². The van der Waals surface area contributed by atoms with Crippen LogP contribution in [-0.2, 0) is 11.2 Å². The summed E-state index contributed by atoms with van der Waals surface area (Å²) in [6.07, 6.45) is 6.14. The van der Waals surface area contributed by atoms with Gasteiger partial charge in [0.2, 0.25) is 11.8 Å². The van der Waals surface area contributed by atoms with Crippen molar-refractivity contribution in [2.45, 2.75) is 39.0 Å². The van der Waals surface area contributed by atoms with Crippen LogP contribution < -0.4 is 10.1 Å². The zero-order chi connectivity index (χ0) is 18.8. The highest BCUT2D eigenvalue weighted by atomic mass is 16.5. The second-order valence-corrected chi connectivity index (χ2v) is 6.97. The van der Waals surface area contributed by atoms with Gasteiger partial charge in [0.05, 0.1) is 24.0 Å². The molecule has 0 fully saturated rings. The number of H-pyrrole nitrogens is 1. The monoisotopic (exact) mass is 362 g/mol. The van der Waals surface area contributed by atoms with E-state index in [2.05, 4.69) is 27.4 Å². The van der Waals surface area contributed by atoms with Crippen molar-refractivity contribution in [3.05, 3.63) is 65.1 Å². The molecular formula is C21H22N4O2. The Labute approximate surface area is 158 Å². The van der Waals surface area contributed by atoms with E-state index < -0.39 is 0 Å². The number of hydrogen-bond donors (Lipinski definition) is 2. The number of fused-ring (bicyclic) bond motifs is 1. The predicted octanol–water partition coefficient (Wildman–Crippen LogP) is 4.27. The SMILES string of the molecule is Cc1ccc(Oc2ccc(NC(=O)C3CCCc4[nH]ncc43)cn2)cc1C. The van der Waals surface area contributed by atoms with Gasteiger partial charge in [-0.25, -0.2) is 4.98 Å². The highest BCUT2D eigenvalue weighted by molar-refractivity contribution is 5.96. The molecule has 27 heavy (non-hydrogen) atoms. The van der Waals surface area contributed by atoms with E-state index in [1.54, 1.807) is 24.5 Å². The topological polar surface area (TPSA) is 79.9 Å². The number of ether oxygens (including phenoxy) is 1. The number of amides is 1. The molecule has 0 aliphatic heterocycles. The molecule has 3 aromatic rings. The molecule has 0 saturated heterocycles. The maximum absolute atomic E-state index is 12.7. The number of nitrogens with zero attached hydrogens (tertiary/aromatic N) is 2. The van der Waals surface area contributed by atoms with E-state index in [1.165, 1.54) is 11.1 Å². The average Bonchev–Trinajstić information content (AvgIpc) is 3.15. The summed E-state index contributed by atoms with van der Waals surface area (Å²) in [6, 6.07) is 9.49. The lowest BCUT2D eigenvalue weighted by Crippen LogP contribution is -2.24. The Morgan fingerprint density at radius 3 is 2.85 bits per heavy atom. The lowest BCUT2D eigenvalue weighted by molar-refractivity contribution is -0.117. The van der Waals surface area contributed by atoms with E-state index in [0.29, 0.717) is 11.6 Å². The number of anilines is 1. The Kier molecular flexibility index (Phi) is 4.62. The van der Waals surface area contributed by atoms with Crippen LogP contribution in [0.5, 0.6) is 11.6 Å². The molecule has 1 aliphatic carbocycles. The summed E-state index contributed by atoms with van der Waals surface area (Å²) in [5, 5.41) is 10.0. The van der Waals surface area contributed by atoms with E-state index >= 15 is 0 Å². The van der Waals surface area contributed by atoms with Crippen LogP contribution in [0.1, 0.15) is 41.1 Å². The first-order valence-corrected chi connectivity index (χ1v) is 9.14. The van der Waals surface area contributed by atoms with Gasteiger partial charge in [0.1, 0.15) is 5.75 Å². The summed E-state index contributed by atoms with van der Waals surface area (Å²) in [5.41, 5.74) is 5.11. The summed E-state index contributed by atoms with van der Waals surface area (Å²) in [6.45, 7) is 4.11. The number of aryl methyl sites for hydroxylation is 3. The first kappa shape index (κ1) is 17.3. The first-order chi connectivity index (χ1) is 13.1. The molecule has 0 bridgehead atoms. The maximum Gasteiger partial charge on any atom is 0.232 e. The third-order valence-corrected chi connectivity index (χ3v) is 5.07. The lowest BCUT2D eigenvalue weighted by Gasteiger charge is -2.21. The molecule has 6 heteroatoms. The van der Waals surface area contributed by atoms with Crippen molar-refractivity contribution in [3.8, 4) is 11.6 Å². The highest BCUT2D eigenvalue weighted by Crippen LogP contribution is 2.31. The van der Waals surface area contributed by atoms with E-state index in [0.717, 1.165) is 36.3 Å². The van der Waals surface area contributed by atoms with Gasteiger partial charge in [0, 0.05) is 17.3 Å². The molecule has 1 aliphatic rings. The van der Waals surface area contributed by atoms with Crippen molar-refractivity contribution < 1.29 is 9.53 Å². The van der Waals surface area contributed by atoms with E-state index in [-0.39, 0.29) is 11.8 Å². The molecule has 0 spiro atoms. The fraction of sp³-hybridized carbons (Fsp3) is 0.286. The molecule has 1 atom stereocenters. The fourth-order valence-electron chi connectivity index (χ4n) is 3.38. The van der Waals surface area contributed by atoms with Crippen LogP contribution in [0.3, 0.4) is 0 Å². The van der Waals surface area contributed by atoms with Crippen molar-refractivity contribution in [3.63, 3.8) is 0 Å². The van der Waals surface area contributed by atoms with Crippen molar-refractivity contribution in [2.75, 3.05) is 5.32 Å². The Hall–Kier alpha value is -3.15. The smallest absolute Gasteiger partial charge is 0.232 e. The number of benzene rings is 1. The Bertz CT molecular complexity index is 963. The number of hydrogen-bond acceptors (Lipinski definition) is 4. The molecule has 1 aromatic carbocycles. The lowest BCUT2D eigenvalue weighted by atomic mass is 9.86. The third kappa shape index (κ3) is 3.69. The van der Waals surface area contributed by atoms with Gasteiger partial charge in [-0.05, 0) is 62.4 Å². The maximum atomic E-state index is 12.7. The van der Waals surface area contributed by atoms with Crippen molar-refractivity contribution >= 4 is 11.6 Å². The zero-order valence-electron chi connectivity index (χ0n) is 15.5. The zero-order valence-corrected chi connectivity index (χ0v) is 15.5. The summed E-state index contributed by atoms with van der Waals surface area (Å²) in [5.74, 6) is 1.05. The summed E-state index contributed by atoms with van der Waals surface area (Å²) < 4.78 is 5.79. The van der Waals surface area contributed by atoms with Crippen LogP contribution in [0.15, 0.2) is 42.7 Å². The van der Waals surface area contributed by atoms with E-state index in [1.807, 2.05) is 25.1 Å². The van der Waals surface area contributed by atoms with Crippen LogP contribution in [0, 0.1) is 13.8 Å². The highest BCUT2D eigenvalue weighted by Gasteiger charge is 2.28. The predicted molar refractivity (Wildman–Crippen MR) is 103 cm³/mol. The number of carbonyl (C=O) groups excluding carboxylic acids is 1. The van der Waals surface area contributed by atoms with Gasteiger partial charge in [0.25, 0.3) is 0 Å². The van der Waals surface area contributed by atoms with Crippen molar-refractivity contribution in [2.24, 2.45) is 0 Å². The molecule has 0 saturated carbocycles. The number of carbonyl (C=O) groups is 1. The minimum Gasteiger partial charge on any atom is -0.439 e. The van der Waals surface area contributed by atoms with E-state index in [9.17, 15) is 4.79 Å². The second kappa shape index (κ2) is 7.23. The second-order valence-electron chi connectivity index (χ2n) is 6.97. The Morgan fingerprint density at radius 1 is 1.19 bits per heavy atom. The molecule has 4 rings (SSSR count). The normalized spacial score (nSPS) is 15.9. The van der Waals surface area contributed by atoms with Crippen molar-refractivity contribution in [1.82, 2.24) is 15.2 Å². The molecule has 1 amide bonds. The first-order valence-electron chi connectivity index (χ1n) is 9.14. The van der Waals surface area contributed by atoms with Crippen LogP contribution in [0.4, 0.5) is 5.69 Å². The van der Waals surface area contributed by atoms with Crippen molar-refractivity contribution in [1.29, 1.82) is 0 Å². The molecule has 0 radical (unpaired) electrons. The van der Waals surface area contributed by atoms with Crippen LogP contribution in [0.2, 0.25) is 0 Å². The molecule has 1 unspecified atom stereocenters. The Morgan fingerprint density at radius 2 is 2.07 bits per heavy atom. The van der Waals surface area contributed by atoms with Gasteiger partial charge < -0.3 is 10.1 Å². The van der Waals surface area contributed by atoms with Gasteiger partial charge in [-0.1, -0.05) is 6.07 Å². The standard InChI is InChI=1S/C21H22N4O2/c1-13-6-8-16(10-14(13)2)27-20-9-7-15(11-22-20)24-21(26)17-4-3-5-19-18(17)12-23-25-19/h6-12,17H,3-5H2,1-2H3,(H,23,25)(H,24,26). The number of aromatic amines is 1. The summed E-state index contributed by atoms with van der Waals surface area (Å²) in [4.78, 5) is 17.0. The Balaban J connectivity index is 1.42. The molecule has 2 N–H and O–H groups in total. The minimum atomic E-state index is -0.168. The minimum absolute atomic E-state index is 0.0259. The molecule has 2 aromatic heterocycles. The quantitative estimate of drug-likeness (QED) is 0.726. The summed E-state index contributed by atoms with van der Waals surface area (Å²) >= 11 is 0. The molecular weight excluding hydrogens is 340 g/mol. The average molecular weight is 362 g/mol. The van der Waals surface area contributed by atoms with Crippen LogP contribution in [-0.4, -0.2) is 21.1 Å². The molecule has 2 heterocycles. The van der Waals surface area contributed by atoms with Crippen LogP contribution in [0.25, 0.3) is 0 Å². The van der Waals surface area contributed by atoms with Gasteiger partial charge in [-0.2, -0.15) is 5.10 Å².